The van der Waals surface area contributed by atoms with Gasteiger partial charge in [-0.2, -0.15) is 0 Å². The van der Waals surface area contributed by atoms with E-state index >= 15 is 0 Å². The molecule has 0 aromatic heterocycles. The average Bonchev–Trinajstić information content (AvgIpc) is 2.35. The Morgan fingerprint density at radius 1 is 1.29 bits per heavy atom. The molecule has 0 aliphatic rings. The van der Waals surface area contributed by atoms with Crippen molar-refractivity contribution in [3.05, 3.63) is 35.4 Å². The van der Waals surface area contributed by atoms with Crippen LogP contribution in [0.5, 0.6) is 0 Å². The van der Waals surface area contributed by atoms with Crippen molar-refractivity contribution < 1.29 is 4.74 Å². The third-order valence-electron chi connectivity index (χ3n) is 2.71. The van der Waals surface area contributed by atoms with Crippen LogP contribution in [0.3, 0.4) is 0 Å². The van der Waals surface area contributed by atoms with Crippen LogP contribution in [0, 0.1) is 0 Å². The first-order chi connectivity index (χ1) is 8.26. The Morgan fingerprint density at radius 3 is 2.76 bits per heavy atom. The van der Waals surface area contributed by atoms with Gasteiger partial charge in [0.1, 0.15) is 0 Å². The van der Waals surface area contributed by atoms with E-state index in [0.717, 1.165) is 32.7 Å². The van der Waals surface area contributed by atoms with E-state index in [1.807, 2.05) is 6.92 Å². The van der Waals surface area contributed by atoms with Gasteiger partial charge >= 0.3 is 0 Å². The molecule has 0 fully saturated rings. The molecule has 2 N–H and O–H groups in total. The second kappa shape index (κ2) is 8.23. The van der Waals surface area contributed by atoms with E-state index in [9.17, 15) is 0 Å². The molecule has 0 saturated heterocycles. The molecule has 17 heavy (non-hydrogen) atoms. The van der Waals surface area contributed by atoms with Crippen LogP contribution in [-0.4, -0.2) is 31.7 Å². The summed E-state index contributed by atoms with van der Waals surface area (Å²) >= 11 is 0. The number of hydrogen-bond donors (Lipinski definition) is 1. The van der Waals surface area contributed by atoms with E-state index in [4.69, 9.17) is 10.5 Å². The van der Waals surface area contributed by atoms with Crippen molar-refractivity contribution in [2.75, 3.05) is 26.8 Å². The van der Waals surface area contributed by atoms with E-state index in [1.54, 1.807) is 0 Å². The van der Waals surface area contributed by atoms with Gasteiger partial charge in [0.15, 0.2) is 0 Å². The molecular weight excluding hydrogens is 212 g/mol. The summed E-state index contributed by atoms with van der Waals surface area (Å²) in [5.74, 6) is 0. The average molecular weight is 236 g/mol. The largest absolute Gasteiger partial charge is 0.382 e. The Bertz CT molecular complexity index is 315. The number of nitrogens with two attached hydrogens (primary N) is 1. The topological polar surface area (TPSA) is 38.5 Å². The van der Waals surface area contributed by atoms with Gasteiger partial charge in [0, 0.05) is 32.8 Å². The molecule has 0 aliphatic heterocycles. The first kappa shape index (κ1) is 14.2. The molecule has 1 rings (SSSR count). The molecule has 96 valence electrons. The Hall–Kier alpha value is -0.900. The maximum atomic E-state index is 5.63. The Balaban J connectivity index is 2.31. The summed E-state index contributed by atoms with van der Waals surface area (Å²) in [5.41, 5.74) is 8.16. The Morgan fingerprint density at radius 2 is 2.06 bits per heavy atom. The highest BCUT2D eigenvalue weighted by Crippen LogP contribution is 2.07. The fraction of sp³-hybridized carbons (Fsp3) is 0.571. The van der Waals surface area contributed by atoms with Crippen LogP contribution in [0.1, 0.15) is 24.5 Å². The van der Waals surface area contributed by atoms with Gasteiger partial charge in [-0.1, -0.05) is 24.3 Å². The van der Waals surface area contributed by atoms with E-state index < -0.39 is 0 Å². The molecule has 0 atom stereocenters. The summed E-state index contributed by atoms with van der Waals surface area (Å²) in [6.07, 6.45) is 1.08. The van der Waals surface area contributed by atoms with Gasteiger partial charge in [0.25, 0.3) is 0 Å². The Kier molecular flexibility index (Phi) is 6.86. The molecule has 0 radical (unpaired) electrons. The van der Waals surface area contributed by atoms with Crippen LogP contribution in [0.25, 0.3) is 0 Å². The normalized spacial score (nSPS) is 11.1. The van der Waals surface area contributed by atoms with Crippen molar-refractivity contribution >= 4 is 0 Å². The minimum atomic E-state index is 0.613. The van der Waals surface area contributed by atoms with Gasteiger partial charge in [-0.15, -0.1) is 0 Å². The zero-order chi connectivity index (χ0) is 12.5. The highest BCUT2D eigenvalue weighted by molar-refractivity contribution is 5.23. The number of ether oxygens (including phenoxy) is 1. The first-order valence-corrected chi connectivity index (χ1v) is 6.30. The van der Waals surface area contributed by atoms with Crippen LogP contribution in [-0.2, 0) is 17.8 Å². The molecule has 1 aromatic rings. The minimum Gasteiger partial charge on any atom is -0.382 e. The van der Waals surface area contributed by atoms with Gasteiger partial charge in [0.05, 0.1) is 0 Å². The maximum absolute atomic E-state index is 5.63. The molecule has 0 saturated carbocycles. The molecule has 0 spiro atoms. The molecule has 3 nitrogen and oxygen atoms in total. The molecule has 0 unspecified atom stereocenters. The zero-order valence-corrected chi connectivity index (χ0v) is 11.0. The van der Waals surface area contributed by atoms with Crippen LogP contribution in [0.15, 0.2) is 24.3 Å². The number of rotatable bonds is 8. The summed E-state index contributed by atoms with van der Waals surface area (Å²) in [5, 5.41) is 0. The van der Waals surface area contributed by atoms with Crippen LogP contribution in [0.4, 0.5) is 0 Å². The van der Waals surface area contributed by atoms with Gasteiger partial charge in [-0.25, -0.2) is 0 Å². The van der Waals surface area contributed by atoms with Crippen molar-refractivity contribution in [1.82, 2.24) is 4.90 Å². The molecule has 3 heteroatoms. The van der Waals surface area contributed by atoms with Gasteiger partial charge in [-0.05, 0) is 31.5 Å². The van der Waals surface area contributed by atoms with Crippen molar-refractivity contribution in [1.29, 1.82) is 0 Å². The van der Waals surface area contributed by atoms with Crippen molar-refractivity contribution in [3.8, 4) is 0 Å². The van der Waals surface area contributed by atoms with Crippen molar-refractivity contribution in [3.63, 3.8) is 0 Å². The minimum absolute atomic E-state index is 0.613. The number of nitrogens with zero attached hydrogens (tertiary/aromatic N) is 1. The van der Waals surface area contributed by atoms with Crippen LogP contribution in [0.2, 0.25) is 0 Å². The summed E-state index contributed by atoms with van der Waals surface area (Å²) in [4.78, 5) is 2.31. The molecule has 0 amide bonds. The Labute approximate surface area is 105 Å². The van der Waals surface area contributed by atoms with Crippen LogP contribution < -0.4 is 5.73 Å². The molecule has 0 heterocycles. The lowest BCUT2D eigenvalue weighted by atomic mass is 10.1. The fourth-order valence-corrected chi connectivity index (χ4v) is 1.83. The number of benzene rings is 1. The molecule has 1 aromatic carbocycles. The lowest BCUT2D eigenvalue weighted by Gasteiger charge is -2.17. The lowest BCUT2D eigenvalue weighted by molar-refractivity contribution is 0.135. The van der Waals surface area contributed by atoms with Gasteiger partial charge in [0.2, 0.25) is 0 Å². The van der Waals surface area contributed by atoms with Crippen LogP contribution >= 0.6 is 0 Å². The zero-order valence-electron chi connectivity index (χ0n) is 11.0. The third-order valence-corrected chi connectivity index (χ3v) is 2.71. The van der Waals surface area contributed by atoms with E-state index in [2.05, 4.69) is 36.2 Å². The molecule has 0 aliphatic carbocycles. The van der Waals surface area contributed by atoms with Crippen molar-refractivity contribution in [2.24, 2.45) is 5.73 Å². The molecule has 0 bridgehead atoms. The second-order valence-electron chi connectivity index (χ2n) is 4.31. The summed E-state index contributed by atoms with van der Waals surface area (Å²) in [7, 11) is 2.14. The van der Waals surface area contributed by atoms with Crippen molar-refractivity contribution in [2.45, 2.75) is 26.4 Å². The summed E-state index contributed by atoms with van der Waals surface area (Å²) in [6, 6.07) is 8.47. The van der Waals surface area contributed by atoms with Gasteiger partial charge in [-0.3, -0.25) is 0 Å². The summed E-state index contributed by atoms with van der Waals surface area (Å²) in [6.45, 7) is 6.34. The smallest absolute Gasteiger partial charge is 0.0478 e. The second-order valence-corrected chi connectivity index (χ2v) is 4.31. The summed E-state index contributed by atoms with van der Waals surface area (Å²) < 4.78 is 5.33. The SMILES string of the molecule is CCOCCCN(C)Cc1cccc(CN)c1. The van der Waals surface area contributed by atoms with E-state index in [0.29, 0.717) is 6.54 Å². The van der Waals surface area contributed by atoms with E-state index in [-0.39, 0.29) is 0 Å². The molecular formula is C14H24N2O. The quantitative estimate of drug-likeness (QED) is 0.702. The lowest BCUT2D eigenvalue weighted by Crippen LogP contribution is -2.20. The monoisotopic (exact) mass is 236 g/mol. The standard InChI is InChI=1S/C14H24N2O/c1-3-17-9-5-8-16(2)12-14-7-4-6-13(10-14)11-15/h4,6-7,10H,3,5,8-9,11-12,15H2,1-2H3. The first-order valence-electron chi connectivity index (χ1n) is 6.30. The van der Waals surface area contributed by atoms with E-state index in [1.165, 1.54) is 11.1 Å². The fourth-order valence-electron chi connectivity index (χ4n) is 1.83. The number of hydrogen-bond acceptors (Lipinski definition) is 3. The maximum Gasteiger partial charge on any atom is 0.0478 e. The highest BCUT2D eigenvalue weighted by atomic mass is 16.5. The highest BCUT2D eigenvalue weighted by Gasteiger charge is 2.01. The predicted molar refractivity (Wildman–Crippen MR) is 71.8 cm³/mol. The predicted octanol–water partition coefficient (Wildman–Crippen LogP) is 2.00. The third kappa shape index (κ3) is 5.82. The van der Waals surface area contributed by atoms with Gasteiger partial charge < -0.3 is 15.4 Å².